The first kappa shape index (κ1) is 9.82. The van der Waals surface area contributed by atoms with Crippen LogP contribution >= 0.6 is 18.5 Å². The highest BCUT2D eigenvalue weighted by Gasteiger charge is 1.84. The van der Waals surface area contributed by atoms with Crippen molar-refractivity contribution < 1.29 is 0 Å². The van der Waals surface area contributed by atoms with Crippen molar-refractivity contribution in [2.45, 2.75) is 0 Å². The zero-order valence-electron chi connectivity index (χ0n) is 5.88. The van der Waals surface area contributed by atoms with E-state index in [0.717, 1.165) is 10.6 Å². The number of allylic oxidation sites excluding steroid dienone is 6. The quantitative estimate of drug-likeness (QED) is 0.451. The molecule has 0 spiro atoms. The van der Waals surface area contributed by atoms with Crippen LogP contribution in [-0.2, 0) is 0 Å². The third kappa shape index (κ3) is 3.77. The Morgan fingerprint density at radius 1 is 1.10 bits per heavy atom. The van der Waals surface area contributed by atoms with Crippen molar-refractivity contribution in [3.63, 3.8) is 0 Å². The molecule has 0 nitrogen and oxygen atoms in total. The first-order chi connectivity index (χ1) is 4.72. The van der Waals surface area contributed by atoms with E-state index in [4.69, 9.17) is 0 Å². The van der Waals surface area contributed by atoms with E-state index in [9.17, 15) is 0 Å². The summed E-state index contributed by atoms with van der Waals surface area (Å²) in [5.41, 5.74) is 0. The molecule has 10 heavy (non-hydrogen) atoms. The van der Waals surface area contributed by atoms with Gasteiger partial charge in [-0.25, -0.2) is 0 Å². The van der Waals surface area contributed by atoms with E-state index >= 15 is 0 Å². The van der Waals surface area contributed by atoms with E-state index in [1.165, 1.54) is 0 Å². The predicted molar refractivity (Wildman–Crippen MR) is 56.0 cm³/mol. The summed E-state index contributed by atoms with van der Waals surface area (Å²) in [7, 11) is 5.22. The van der Waals surface area contributed by atoms with Crippen molar-refractivity contribution in [2.24, 2.45) is 0 Å². The second-order valence-corrected chi connectivity index (χ2v) is 2.95. The molecule has 0 heterocycles. The summed E-state index contributed by atoms with van der Waals surface area (Å²) in [5, 5.41) is 2.20. The first-order valence-electron chi connectivity index (χ1n) is 2.89. The Labute approximate surface area is 67.2 Å². The molecule has 0 aliphatic heterocycles. The van der Waals surface area contributed by atoms with Crippen molar-refractivity contribution >= 4 is 18.5 Å². The summed E-state index contributed by atoms with van der Waals surface area (Å²) >= 11 is 0. The van der Waals surface area contributed by atoms with Crippen molar-refractivity contribution in [1.29, 1.82) is 0 Å². The van der Waals surface area contributed by atoms with Crippen LogP contribution in [0.15, 0.2) is 48.1 Å². The molecule has 0 aromatic carbocycles. The van der Waals surface area contributed by atoms with Crippen LogP contribution in [0.4, 0.5) is 0 Å². The number of hydrogen-bond donors (Lipinski definition) is 0. The van der Waals surface area contributed by atoms with Gasteiger partial charge in [-0.2, -0.15) is 0 Å². The molecule has 0 aromatic rings. The molecule has 0 amide bonds. The lowest BCUT2D eigenvalue weighted by Crippen LogP contribution is -1.65. The number of rotatable bonds is 3. The fourth-order valence-electron chi connectivity index (χ4n) is 0.386. The van der Waals surface area contributed by atoms with Crippen LogP contribution in [0.3, 0.4) is 0 Å². The Kier molecular flexibility index (Phi) is 5.49. The van der Waals surface area contributed by atoms with Gasteiger partial charge in [0.25, 0.3) is 0 Å². The third-order valence-electron chi connectivity index (χ3n) is 0.965. The van der Waals surface area contributed by atoms with Crippen LogP contribution < -0.4 is 0 Å². The average Bonchev–Trinajstić information content (AvgIpc) is 1.98. The Morgan fingerprint density at radius 2 is 1.70 bits per heavy atom. The van der Waals surface area contributed by atoms with Gasteiger partial charge in [-0.15, -0.1) is 18.5 Å². The van der Waals surface area contributed by atoms with Gasteiger partial charge < -0.3 is 0 Å². The minimum absolute atomic E-state index is 1.09. The lowest BCUT2D eigenvalue weighted by molar-refractivity contribution is 1.82. The molecule has 0 aromatic heterocycles. The number of hydrogen-bond acceptors (Lipinski definition) is 0. The smallest absolute Gasteiger partial charge is 0.0232 e. The molecule has 2 unspecified atom stereocenters. The largest absolute Gasteiger partial charge is 0.105 e. The first-order valence-corrected chi connectivity index (χ1v) is 4.04. The van der Waals surface area contributed by atoms with Gasteiger partial charge in [-0.1, -0.05) is 37.5 Å². The molecular formula is C8H12P2. The van der Waals surface area contributed by atoms with Gasteiger partial charge in [-0.3, -0.25) is 0 Å². The summed E-state index contributed by atoms with van der Waals surface area (Å²) < 4.78 is 0. The summed E-state index contributed by atoms with van der Waals surface area (Å²) in [6.07, 6.45) is 7.38. The highest BCUT2D eigenvalue weighted by atomic mass is 31.0. The zero-order valence-corrected chi connectivity index (χ0v) is 8.19. The maximum absolute atomic E-state index is 3.64. The minimum atomic E-state index is 1.09. The Balaban J connectivity index is 4.31. The van der Waals surface area contributed by atoms with Crippen LogP contribution in [0.25, 0.3) is 0 Å². The maximum Gasteiger partial charge on any atom is -0.0232 e. The molecule has 0 N–H and O–H groups in total. The Morgan fingerprint density at radius 3 is 2.10 bits per heavy atom. The van der Waals surface area contributed by atoms with E-state index in [1.807, 2.05) is 12.2 Å². The van der Waals surface area contributed by atoms with Gasteiger partial charge in [0.2, 0.25) is 0 Å². The van der Waals surface area contributed by atoms with Crippen molar-refractivity contribution in [3.05, 3.63) is 48.1 Å². The monoisotopic (exact) mass is 170 g/mol. The van der Waals surface area contributed by atoms with Gasteiger partial charge >= 0.3 is 0 Å². The summed E-state index contributed by atoms with van der Waals surface area (Å²) in [5.74, 6) is 0. The molecule has 0 aliphatic carbocycles. The van der Waals surface area contributed by atoms with Crippen molar-refractivity contribution in [1.82, 2.24) is 0 Å². The van der Waals surface area contributed by atoms with E-state index in [0.29, 0.717) is 0 Å². The van der Waals surface area contributed by atoms with Crippen LogP contribution in [0.1, 0.15) is 0 Å². The van der Waals surface area contributed by atoms with E-state index in [-0.39, 0.29) is 0 Å². The van der Waals surface area contributed by atoms with E-state index in [2.05, 4.69) is 31.6 Å². The molecule has 0 saturated carbocycles. The van der Waals surface area contributed by atoms with Gasteiger partial charge in [-0.05, 0) is 10.6 Å². The van der Waals surface area contributed by atoms with Gasteiger partial charge in [0, 0.05) is 0 Å². The van der Waals surface area contributed by atoms with Crippen LogP contribution in [0.5, 0.6) is 0 Å². The normalized spacial score (nSPS) is 13.0. The molecular weight excluding hydrogens is 158 g/mol. The molecule has 0 saturated heterocycles. The van der Waals surface area contributed by atoms with Gasteiger partial charge in [0.15, 0.2) is 0 Å². The summed E-state index contributed by atoms with van der Waals surface area (Å²) in [6, 6.07) is 0. The average molecular weight is 170 g/mol. The van der Waals surface area contributed by atoms with Crippen LogP contribution in [-0.4, -0.2) is 0 Å². The van der Waals surface area contributed by atoms with Crippen LogP contribution in [0.2, 0.25) is 0 Å². The topological polar surface area (TPSA) is 0 Å². The highest BCUT2D eigenvalue weighted by molar-refractivity contribution is 7.28. The lowest BCUT2D eigenvalue weighted by atomic mass is 10.4. The SMILES string of the molecule is C=C/C=C\C(P)=C(\P)C=C. The second-order valence-electron chi connectivity index (χ2n) is 1.71. The maximum atomic E-state index is 3.64. The molecule has 0 fully saturated rings. The van der Waals surface area contributed by atoms with E-state index in [1.54, 1.807) is 12.2 Å². The van der Waals surface area contributed by atoms with Crippen molar-refractivity contribution in [3.8, 4) is 0 Å². The highest BCUT2D eigenvalue weighted by Crippen LogP contribution is 2.19. The predicted octanol–water partition coefficient (Wildman–Crippen LogP) is 2.88. The fourth-order valence-corrected chi connectivity index (χ4v) is 0.711. The summed E-state index contributed by atoms with van der Waals surface area (Å²) in [4.78, 5) is 0. The lowest BCUT2D eigenvalue weighted by Gasteiger charge is -1.93. The van der Waals surface area contributed by atoms with Gasteiger partial charge in [0.1, 0.15) is 0 Å². The molecule has 0 rings (SSSR count). The Bertz CT molecular complexity index is 187. The standard InChI is InChI=1S/C8H12P2/c1-3-5-6-8(10)7(9)4-2/h3-6H,1-2,9-10H2/b6-5-,8-7-. The molecule has 0 bridgehead atoms. The molecule has 54 valence electrons. The minimum Gasteiger partial charge on any atom is -0.105 e. The molecule has 0 radical (unpaired) electrons. The van der Waals surface area contributed by atoms with Crippen LogP contribution in [0, 0.1) is 0 Å². The molecule has 2 atom stereocenters. The fraction of sp³-hybridized carbons (Fsp3) is 0. The van der Waals surface area contributed by atoms with E-state index < -0.39 is 0 Å². The molecule has 2 heteroatoms. The molecule has 0 aliphatic rings. The second kappa shape index (κ2) is 5.59. The Hall–Kier alpha value is -0.180. The third-order valence-corrected chi connectivity index (χ3v) is 2.39. The summed E-state index contributed by atoms with van der Waals surface area (Å²) in [6.45, 7) is 7.20. The zero-order chi connectivity index (χ0) is 7.98. The van der Waals surface area contributed by atoms with Crippen molar-refractivity contribution in [2.75, 3.05) is 0 Å². The van der Waals surface area contributed by atoms with Gasteiger partial charge in [0.05, 0.1) is 0 Å².